The average molecular weight is 328 g/mol. The first kappa shape index (κ1) is 14.6. The molecular weight excluding hydrogens is 306 g/mol. The number of hydrogen-bond donors (Lipinski definition) is 0. The van der Waals surface area contributed by atoms with Crippen LogP contribution in [0.2, 0.25) is 0 Å². The SMILES string of the molecule is CCc1nn(C)c(CN2CCC(C)CCC2=O)c1Br. The summed E-state index contributed by atoms with van der Waals surface area (Å²) >= 11 is 3.62. The summed E-state index contributed by atoms with van der Waals surface area (Å²) in [7, 11) is 1.95. The van der Waals surface area contributed by atoms with Crippen molar-refractivity contribution in [2.45, 2.75) is 46.1 Å². The van der Waals surface area contributed by atoms with Crippen molar-refractivity contribution in [1.82, 2.24) is 14.7 Å². The number of amides is 1. The summed E-state index contributed by atoms with van der Waals surface area (Å²) in [6.45, 7) is 5.84. The third-order valence-corrected chi connectivity index (χ3v) is 4.85. The maximum atomic E-state index is 12.1. The summed E-state index contributed by atoms with van der Waals surface area (Å²) in [6.07, 6.45) is 3.70. The van der Waals surface area contributed by atoms with Gasteiger partial charge in [-0.3, -0.25) is 9.48 Å². The Kier molecular flexibility index (Phi) is 4.66. The van der Waals surface area contributed by atoms with E-state index in [0.29, 0.717) is 18.9 Å². The molecule has 2 heterocycles. The van der Waals surface area contributed by atoms with E-state index in [1.165, 1.54) is 0 Å². The normalized spacial score (nSPS) is 20.7. The number of rotatable bonds is 3. The number of aryl methyl sites for hydroxylation is 2. The highest BCUT2D eigenvalue weighted by molar-refractivity contribution is 9.10. The molecule has 0 aliphatic carbocycles. The second-order valence-corrected chi connectivity index (χ2v) is 6.23. The molecule has 1 saturated heterocycles. The molecule has 0 saturated carbocycles. The van der Waals surface area contributed by atoms with Crippen LogP contribution in [0.1, 0.15) is 44.5 Å². The molecule has 19 heavy (non-hydrogen) atoms. The van der Waals surface area contributed by atoms with Gasteiger partial charge in [-0.05, 0) is 41.1 Å². The zero-order valence-corrected chi connectivity index (χ0v) is 13.5. The Morgan fingerprint density at radius 1 is 1.42 bits per heavy atom. The van der Waals surface area contributed by atoms with E-state index in [1.54, 1.807) is 0 Å². The van der Waals surface area contributed by atoms with Crippen LogP contribution in [0.15, 0.2) is 4.47 Å². The van der Waals surface area contributed by atoms with E-state index < -0.39 is 0 Å². The van der Waals surface area contributed by atoms with E-state index >= 15 is 0 Å². The van der Waals surface area contributed by atoms with Gasteiger partial charge in [-0.2, -0.15) is 5.10 Å². The molecule has 5 heteroatoms. The molecule has 0 radical (unpaired) electrons. The van der Waals surface area contributed by atoms with Gasteiger partial charge in [0.15, 0.2) is 0 Å². The lowest BCUT2D eigenvalue weighted by atomic mass is 10.0. The van der Waals surface area contributed by atoms with Gasteiger partial charge in [-0.1, -0.05) is 13.8 Å². The minimum Gasteiger partial charge on any atom is -0.337 e. The van der Waals surface area contributed by atoms with E-state index in [9.17, 15) is 4.79 Å². The van der Waals surface area contributed by atoms with E-state index in [0.717, 1.165) is 41.7 Å². The second kappa shape index (κ2) is 6.07. The van der Waals surface area contributed by atoms with E-state index in [-0.39, 0.29) is 5.91 Å². The van der Waals surface area contributed by atoms with Crippen LogP contribution in [-0.2, 0) is 24.8 Å². The highest BCUT2D eigenvalue weighted by Gasteiger charge is 2.23. The van der Waals surface area contributed by atoms with Gasteiger partial charge in [0.1, 0.15) is 0 Å². The molecular formula is C14H22BrN3O. The van der Waals surface area contributed by atoms with Gasteiger partial charge in [0.2, 0.25) is 5.91 Å². The molecule has 2 rings (SSSR count). The number of hydrogen-bond acceptors (Lipinski definition) is 2. The van der Waals surface area contributed by atoms with Crippen molar-refractivity contribution in [2.75, 3.05) is 6.54 Å². The Morgan fingerprint density at radius 3 is 2.79 bits per heavy atom. The lowest BCUT2D eigenvalue weighted by Gasteiger charge is -2.21. The molecule has 0 aromatic carbocycles. The Hall–Kier alpha value is -0.840. The van der Waals surface area contributed by atoms with E-state index in [1.807, 2.05) is 16.6 Å². The Balaban J connectivity index is 2.16. The average Bonchev–Trinajstić information content (AvgIpc) is 2.55. The van der Waals surface area contributed by atoms with Gasteiger partial charge in [0.25, 0.3) is 0 Å². The van der Waals surface area contributed by atoms with Gasteiger partial charge in [-0.15, -0.1) is 0 Å². The summed E-state index contributed by atoms with van der Waals surface area (Å²) in [5, 5.41) is 4.49. The number of likely N-dealkylation sites (tertiary alicyclic amines) is 1. The fourth-order valence-corrected chi connectivity index (χ4v) is 3.25. The quantitative estimate of drug-likeness (QED) is 0.856. The van der Waals surface area contributed by atoms with Crippen LogP contribution in [0.25, 0.3) is 0 Å². The summed E-state index contributed by atoms with van der Waals surface area (Å²) in [5.41, 5.74) is 2.16. The zero-order chi connectivity index (χ0) is 14.0. The van der Waals surface area contributed by atoms with Crippen LogP contribution in [0.5, 0.6) is 0 Å². The molecule has 1 unspecified atom stereocenters. The van der Waals surface area contributed by atoms with Crippen LogP contribution >= 0.6 is 15.9 Å². The largest absolute Gasteiger partial charge is 0.337 e. The van der Waals surface area contributed by atoms with Gasteiger partial charge in [0.05, 0.1) is 22.4 Å². The first-order valence-corrected chi connectivity index (χ1v) is 7.80. The fourth-order valence-electron chi connectivity index (χ4n) is 2.51. The summed E-state index contributed by atoms with van der Waals surface area (Å²) in [6, 6.07) is 0. The summed E-state index contributed by atoms with van der Waals surface area (Å²) in [5.74, 6) is 0.922. The highest BCUT2D eigenvalue weighted by Crippen LogP contribution is 2.25. The minimum absolute atomic E-state index is 0.274. The highest BCUT2D eigenvalue weighted by atomic mass is 79.9. The lowest BCUT2D eigenvalue weighted by molar-refractivity contribution is -0.131. The maximum Gasteiger partial charge on any atom is 0.222 e. The fraction of sp³-hybridized carbons (Fsp3) is 0.714. The molecule has 1 amide bonds. The van der Waals surface area contributed by atoms with Crippen LogP contribution < -0.4 is 0 Å². The number of carbonyl (C=O) groups is 1. The third-order valence-electron chi connectivity index (χ3n) is 3.94. The standard InChI is InChI=1S/C14H22BrN3O/c1-4-11-14(15)12(17(3)16-11)9-18-8-7-10(2)5-6-13(18)19/h10H,4-9H2,1-3H3. The Labute approximate surface area is 123 Å². The molecule has 0 bridgehead atoms. The van der Waals surface area contributed by atoms with Crippen molar-refractivity contribution >= 4 is 21.8 Å². The van der Waals surface area contributed by atoms with Gasteiger partial charge in [-0.25, -0.2) is 0 Å². The molecule has 106 valence electrons. The molecule has 0 N–H and O–H groups in total. The Bertz CT molecular complexity index is 470. The summed E-state index contributed by atoms with van der Waals surface area (Å²) < 4.78 is 2.95. The van der Waals surface area contributed by atoms with Gasteiger partial charge >= 0.3 is 0 Å². The van der Waals surface area contributed by atoms with Gasteiger partial charge < -0.3 is 4.90 Å². The topological polar surface area (TPSA) is 38.1 Å². The minimum atomic E-state index is 0.274. The molecule has 1 aliphatic heterocycles. The first-order valence-electron chi connectivity index (χ1n) is 7.01. The molecule has 4 nitrogen and oxygen atoms in total. The lowest BCUT2D eigenvalue weighted by Crippen LogP contribution is -2.30. The van der Waals surface area contributed by atoms with Crippen molar-refractivity contribution in [3.05, 3.63) is 15.9 Å². The van der Waals surface area contributed by atoms with Crippen molar-refractivity contribution in [2.24, 2.45) is 13.0 Å². The number of halogens is 1. The van der Waals surface area contributed by atoms with E-state index in [2.05, 4.69) is 34.9 Å². The maximum absolute atomic E-state index is 12.1. The van der Waals surface area contributed by atoms with Crippen LogP contribution in [-0.4, -0.2) is 27.1 Å². The second-order valence-electron chi connectivity index (χ2n) is 5.43. The molecule has 1 fully saturated rings. The molecule has 1 aromatic rings. The zero-order valence-electron chi connectivity index (χ0n) is 11.9. The smallest absolute Gasteiger partial charge is 0.222 e. The number of nitrogens with zero attached hydrogens (tertiary/aromatic N) is 3. The van der Waals surface area contributed by atoms with Crippen molar-refractivity contribution in [3.63, 3.8) is 0 Å². The predicted molar refractivity (Wildman–Crippen MR) is 78.7 cm³/mol. The Morgan fingerprint density at radius 2 is 2.16 bits per heavy atom. The van der Waals surface area contributed by atoms with E-state index in [4.69, 9.17) is 0 Å². The predicted octanol–water partition coefficient (Wildman–Crippen LogP) is 2.89. The molecule has 1 atom stereocenters. The van der Waals surface area contributed by atoms with Crippen molar-refractivity contribution < 1.29 is 4.79 Å². The van der Waals surface area contributed by atoms with Crippen LogP contribution in [0, 0.1) is 5.92 Å². The first-order chi connectivity index (χ1) is 9.02. The number of carbonyl (C=O) groups excluding carboxylic acids is 1. The van der Waals surface area contributed by atoms with Crippen LogP contribution in [0.3, 0.4) is 0 Å². The number of aromatic nitrogens is 2. The molecule has 1 aliphatic rings. The molecule has 1 aromatic heterocycles. The monoisotopic (exact) mass is 327 g/mol. The van der Waals surface area contributed by atoms with Gasteiger partial charge in [0, 0.05) is 20.0 Å². The molecule has 0 spiro atoms. The van der Waals surface area contributed by atoms with Crippen molar-refractivity contribution in [3.8, 4) is 0 Å². The van der Waals surface area contributed by atoms with Crippen molar-refractivity contribution in [1.29, 1.82) is 0 Å². The van der Waals surface area contributed by atoms with Crippen LogP contribution in [0.4, 0.5) is 0 Å². The summed E-state index contributed by atoms with van der Waals surface area (Å²) in [4.78, 5) is 14.1. The third kappa shape index (κ3) is 3.19.